The molecule has 0 fully saturated rings. The van der Waals surface area contributed by atoms with Gasteiger partial charge in [-0.2, -0.15) is 0 Å². The van der Waals surface area contributed by atoms with E-state index in [1.54, 1.807) is 28.4 Å². The lowest BCUT2D eigenvalue weighted by atomic mass is 10.3. The summed E-state index contributed by atoms with van der Waals surface area (Å²) in [5.41, 5.74) is 0. The Labute approximate surface area is 150 Å². The number of hydrogen-bond acceptors (Lipinski definition) is 4. The molecule has 0 aromatic heterocycles. The van der Waals surface area contributed by atoms with E-state index >= 15 is 0 Å². The van der Waals surface area contributed by atoms with Gasteiger partial charge < -0.3 is 17.7 Å². The summed E-state index contributed by atoms with van der Waals surface area (Å²) >= 11 is 0. The summed E-state index contributed by atoms with van der Waals surface area (Å²) < 4.78 is 23.1. The van der Waals surface area contributed by atoms with Gasteiger partial charge in [0.2, 0.25) is 0 Å². The Kier molecular flexibility index (Phi) is 7.36. The summed E-state index contributed by atoms with van der Waals surface area (Å²) in [6.45, 7) is 12.8. The van der Waals surface area contributed by atoms with Crippen LogP contribution in [0.3, 0.4) is 0 Å². The summed E-state index contributed by atoms with van der Waals surface area (Å²) in [7, 11) is 0.363. The number of allylic oxidation sites excluding steroid dienone is 1. The number of rotatable bonds is 9. The van der Waals surface area contributed by atoms with Gasteiger partial charge in [-0.15, -0.1) is 6.58 Å². The van der Waals surface area contributed by atoms with E-state index in [0.29, 0.717) is 0 Å². The minimum absolute atomic E-state index is 1.02. The molecular formula is C17H32O4Si3. The molecule has 0 saturated carbocycles. The van der Waals surface area contributed by atoms with E-state index in [0.717, 1.165) is 16.4 Å². The van der Waals surface area contributed by atoms with Gasteiger partial charge in [0.15, 0.2) is 0 Å². The van der Waals surface area contributed by atoms with E-state index in [-0.39, 0.29) is 0 Å². The molecule has 0 aliphatic heterocycles. The molecule has 0 radical (unpaired) electrons. The van der Waals surface area contributed by atoms with Crippen molar-refractivity contribution in [3.8, 4) is 0 Å². The van der Waals surface area contributed by atoms with Crippen LogP contribution in [0.15, 0.2) is 30.9 Å². The Hall–Kier alpha value is -0.549. The first-order valence-electron chi connectivity index (χ1n) is 8.10. The third kappa shape index (κ3) is 4.34. The van der Waals surface area contributed by atoms with Crippen LogP contribution in [0.5, 0.6) is 0 Å². The maximum absolute atomic E-state index is 5.78. The standard InChI is InChI=1S/C17H32O4Si3/c1-10-11-22(6,7)15-12-16(23(8,18-2)19-3)14-17(13-15)24(9,20-4)21-5/h10,12-14H,1,11H2,2-9H3. The van der Waals surface area contributed by atoms with Gasteiger partial charge in [-0.25, -0.2) is 0 Å². The van der Waals surface area contributed by atoms with Crippen LogP contribution in [-0.2, 0) is 17.7 Å². The fourth-order valence-corrected chi connectivity index (χ4v) is 8.09. The minimum atomic E-state index is -2.43. The van der Waals surface area contributed by atoms with E-state index in [4.69, 9.17) is 17.7 Å². The van der Waals surface area contributed by atoms with Gasteiger partial charge in [0.25, 0.3) is 0 Å². The van der Waals surface area contributed by atoms with E-state index in [2.05, 4.69) is 51.0 Å². The van der Waals surface area contributed by atoms with Gasteiger partial charge >= 0.3 is 17.1 Å². The molecule has 136 valence electrons. The normalized spacial score (nSPS) is 13.2. The third-order valence-electron chi connectivity index (χ3n) is 4.98. The van der Waals surface area contributed by atoms with E-state index in [1.165, 1.54) is 5.19 Å². The zero-order valence-corrected chi connectivity index (χ0v) is 19.4. The molecule has 0 bridgehead atoms. The zero-order chi connectivity index (χ0) is 18.6. The molecule has 0 aliphatic carbocycles. The summed E-state index contributed by atoms with van der Waals surface area (Å²) in [6.07, 6.45) is 2.02. The lowest BCUT2D eigenvalue weighted by Gasteiger charge is -2.31. The Balaban J connectivity index is 3.65. The monoisotopic (exact) mass is 384 g/mol. The molecule has 24 heavy (non-hydrogen) atoms. The van der Waals surface area contributed by atoms with Gasteiger partial charge in [-0.05, 0) is 29.5 Å². The van der Waals surface area contributed by atoms with Crippen molar-refractivity contribution in [2.24, 2.45) is 0 Å². The number of hydrogen-bond donors (Lipinski definition) is 0. The first kappa shape index (κ1) is 21.5. The Morgan fingerprint density at radius 1 is 0.750 bits per heavy atom. The van der Waals surface area contributed by atoms with E-state index < -0.39 is 25.2 Å². The third-order valence-corrected chi connectivity index (χ3v) is 13.9. The highest BCUT2D eigenvalue weighted by Crippen LogP contribution is 2.13. The molecule has 0 amide bonds. The molecule has 4 nitrogen and oxygen atoms in total. The van der Waals surface area contributed by atoms with Gasteiger partial charge in [-0.1, -0.05) is 42.6 Å². The SMILES string of the molecule is C=CC[Si](C)(C)c1cc([Si](C)(OC)OC)cc([Si](C)(OC)OC)c1. The smallest absolute Gasteiger partial charge is 0.368 e. The highest BCUT2D eigenvalue weighted by Gasteiger charge is 2.39. The van der Waals surface area contributed by atoms with Crippen molar-refractivity contribution in [1.29, 1.82) is 0 Å². The first-order chi connectivity index (χ1) is 11.1. The fraction of sp³-hybridized carbons (Fsp3) is 0.529. The molecule has 0 aliphatic rings. The predicted molar refractivity (Wildman–Crippen MR) is 109 cm³/mol. The minimum Gasteiger partial charge on any atom is -0.394 e. The quantitative estimate of drug-likeness (QED) is 0.482. The zero-order valence-electron chi connectivity index (χ0n) is 16.4. The van der Waals surface area contributed by atoms with Crippen LogP contribution in [0, 0.1) is 0 Å². The summed E-state index contributed by atoms with van der Waals surface area (Å²) in [6, 6.07) is 7.70. The Bertz CT molecular complexity index is 531. The fourth-order valence-electron chi connectivity index (χ4n) is 2.66. The second kappa shape index (κ2) is 8.22. The Morgan fingerprint density at radius 2 is 1.08 bits per heavy atom. The Morgan fingerprint density at radius 3 is 1.38 bits per heavy atom. The first-order valence-corrected chi connectivity index (χ1v) is 15.9. The molecule has 0 unspecified atom stereocenters. The maximum atomic E-state index is 5.78. The summed E-state index contributed by atoms with van der Waals surface area (Å²) in [5, 5.41) is 3.60. The van der Waals surface area contributed by atoms with Crippen LogP contribution < -0.4 is 15.6 Å². The second-order valence-electron chi connectivity index (χ2n) is 6.88. The summed E-state index contributed by atoms with van der Waals surface area (Å²) in [5.74, 6) is 0. The molecule has 1 rings (SSSR count). The van der Waals surface area contributed by atoms with E-state index in [9.17, 15) is 0 Å². The van der Waals surface area contributed by atoms with Crippen LogP contribution in [0.25, 0.3) is 0 Å². The van der Waals surface area contributed by atoms with Gasteiger partial charge in [0.1, 0.15) is 0 Å². The van der Waals surface area contributed by atoms with Crippen molar-refractivity contribution in [3.63, 3.8) is 0 Å². The molecular weight excluding hydrogens is 352 g/mol. The highest BCUT2D eigenvalue weighted by molar-refractivity contribution is 6.91. The molecule has 1 aromatic rings. The topological polar surface area (TPSA) is 36.9 Å². The maximum Gasteiger partial charge on any atom is 0.368 e. The molecule has 0 atom stereocenters. The average Bonchev–Trinajstić information content (AvgIpc) is 2.59. The van der Waals surface area contributed by atoms with Crippen molar-refractivity contribution in [2.75, 3.05) is 28.4 Å². The molecule has 0 heterocycles. The van der Waals surface area contributed by atoms with Crippen molar-refractivity contribution in [3.05, 3.63) is 30.9 Å². The number of benzene rings is 1. The molecule has 1 aromatic carbocycles. The van der Waals surface area contributed by atoms with Gasteiger partial charge in [0.05, 0.1) is 8.07 Å². The average molecular weight is 385 g/mol. The highest BCUT2D eigenvalue weighted by atomic mass is 28.4. The van der Waals surface area contributed by atoms with Crippen molar-refractivity contribution in [1.82, 2.24) is 0 Å². The molecule has 0 spiro atoms. The lowest BCUT2D eigenvalue weighted by molar-refractivity contribution is 0.264. The second-order valence-corrected chi connectivity index (χ2v) is 18.2. The van der Waals surface area contributed by atoms with Crippen LogP contribution in [0.1, 0.15) is 0 Å². The van der Waals surface area contributed by atoms with Crippen molar-refractivity contribution in [2.45, 2.75) is 32.2 Å². The van der Waals surface area contributed by atoms with Crippen LogP contribution in [0.2, 0.25) is 32.2 Å². The van der Waals surface area contributed by atoms with Gasteiger partial charge in [0, 0.05) is 28.4 Å². The van der Waals surface area contributed by atoms with Crippen LogP contribution in [0.4, 0.5) is 0 Å². The van der Waals surface area contributed by atoms with Crippen molar-refractivity contribution < 1.29 is 17.7 Å². The largest absolute Gasteiger partial charge is 0.394 e. The molecule has 0 N–H and O–H groups in total. The molecule has 7 heteroatoms. The molecule has 0 saturated heterocycles. The van der Waals surface area contributed by atoms with Crippen molar-refractivity contribution >= 4 is 40.8 Å². The predicted octanol–water partition coefficient (Wildman–Crippen LogP) is 1.93. The van der Waals surface area contributed by atoms with Crippen LogP contribution >= 0.6 is 0 Å². The van der Waals surface area contributed by atoms with Gasteiger partial charge in [-0.3, -0.25) is 0 Å². The van der Waals surface area contributed by atoms with Crippen LogP contribution in [-0.4, -0.2) is 53.6 Å². The summed E-state index contributed by atoms with van der Waals surface area (Å²) in [4.78, 5) is 0. The van der Waals surface area contributed by atoms with E-state index in [1.807, 2.05) is 6.08 Å². The lowest BCUT2D eigenvalue weighted by Crippen LogP contribution is -2.58.